The fourth-order valence-electron chi connectivity index (χ4n) is 1.52. The van der Waals surface area contributed by atoms with Crippen molar-refractivity contribution in [1.29, 1.82) is 0 Å². The number of hydrogen-bond acceptors (Lipinski definition) is 3. The molecule has 0 aromatic carbocycles. The van der Waals surface area contributed by atoms with Gasteiger partial charge >= 0.3 is 0 Å². The number of aromatic nitrogens is 3. The topological polar surface area (TPSA) is 33.6 Å². The van der Waals surface area contributed by atoms with Gasteiger partial charge in [-0.05, 0) is 24.5 Å². The summed E-state index contributed by atoms with van der Waals surface area (Å²) in [7, 11) is 0. The summed E-state index contributed by atoms with van der Waals surface area (Å²) in [6.07, 6.45) is 3.74. The molecule has 1 atom stereocenters. The van der Waals surface area contributed by atoms with Crippen LogP contribution in [0.4, 0.5) is 0 Å². The monoisotopic (exact) mass is 273 g/mol. The molecule has 1 unspecified atom stereocenters. The Morgan fingerprint density at radius 2 is 2.44 bits per heavy atom. The van der Waals surface area contributed by atoms with Crippen molar-refractivity contribution in [2.24, 2.45) is 0 Å². The Morgan fingerprint density at radius 1 is 1.69 bits per heavy atom. The zero-order chi connectivity index (χ0) is 11.7. The highest BCUT2D eigenvalue weighted by molar-refractivity contribution is 7.99. The summed E-state index contributed by atoms with van der Waals surface area (Å²) in [5.74, 6) is 0. The Labute approximate surface area is 108 Å². The number of H-pyrrole nitrogens is 1. The molecule has 2 rings (SSSR count). The number of halogens is 1. The van der Waals surface area contributed by atoms with Crippen LogP contribution >= 0.6 is 35.6 Å². The van der Waals surface area contributed by atoms with E-state index in [9.17, 15) is 0 Å². The minimum absolute atomic E-state index is 0.503. The van der Waals surface area contributed by atoms with Crippen molar-refractivity contribution in [3.8, 4) is 0 Å². The maximum Gasteiger partial charge on any atom is 0.179 e. The van der Waals surface area contributed by atoms with Crippen LogP contribution in [0.5, 0.6) is 0 Å². The molecule has 86 valence electrons. The lowest BCUT2D eigenvalue weighted by Gasteiger charge is -2.09. The molecule has 2 heterocycles. The second kappa shape index (κ2) is 4.77. The van der Waals surface area contributed by atoms with E-state index >= 15 is 0 Å². The number of imidazole rings is 1. The quantitative estimate of drug-likeness (QED) is 0.869. The summed E-state index contributed by atoms with van der Waals surface area (Å²) in [4.78, 5) is 7.43. The standard InChI is InChI=1S/C10H12ClN3S2/c1-6(16-2)5-14-9-8(13-10(14)15)3-7(11)4-12-9/h3-4,6H,5H2,1-2H3,(H,13,15). The van der Waals surface area contributed by atoms with Crippen LogP contribution in [0.25, 0.3) is 11.2 Å². The Hall–Kier alpha value is -0.520. The van der Waals surface area contributed by atoms with E-state index in [1.54, 1.807) is 6.20 Å². The summed E-state index contributed by atoms with van der Waals surface area (Å²) >= 11 is 13.0. The molecule has 0 saturated carbocycles. The van der Waals surface area contributed by atoms with Gasteiger partial charge in [-0.2, -0.15) is 11.8 Å². The summed E-state index contributed by atoms with van der Waals surface area (Å²) in [6.45, 7) is 3.02. The zero-order valence-corrected chi connectivity index (χ0v) is 11.4. The first-order valence-corrected chi connectivity index (χ1v) is 6.96. The Bertz CT molecular complexity index is 561. The van der Waals surface area contributed by atoms with Gasteiger partial charge in [0.05, 0.1) is 10.5 Å². The van der Waals surface area contributed by atoms with Crippen LogP contribution in [0.15, 0.2) is 12.3 Å². The molecule has 2 aromatic rings. The van der Waals surface area contributed by atoms with Crippen molar-refractivity contribution in [3.05, 3.63) is 22.1 Å². The third-order valence-electron chi connectivity index (χ3n) is 2.42. The average Bonchev–Trinajstić information content (AvgIpc) is 2.54. The molecular weight excluding hydrogens is 262 g/mol. The molecule has 0 amide bonds. The first-order chi connectivity index (χ1) is 7.61. The van der Waals surface area contributed by atoms with Crippen LogP contribution in [0.3, 0.4) is 0 Å². The minimum atomic E-state index is 0.503. The summed E-state index contributed by atoms with van der Waals surface area (Å²) in [6, 6.07) is 1.85. The van der Waals surface area contributed by atoms with Crippen molar-refractivity contribution in [3.63, 3.8) is 0 Å². The van der Waals surface area contributed by atoms with Gasteiger partial charge in [-0.25, -0.2) is 4.98 Å². The first-order valence-electron chi connectivity index (χ1n) is 4.88. The zero-order valence-electron chi connectivity index (χ0n) is 9.03. The first kappa shape index (κ1) is 12.0. The number of aromatic amines is 1. The third kappa shape index (κ3) is 2.26. The largest absolute Gasteiger partial charge is 0.329 e. The molecule has 0 radical (unpaired) electrons. The number of fused-ring (bicyclic) bond motifs is 1. The van der Waals surface area contributed by atoms with Gasteiger partial charge < -0.3 is 9.55 Å². The van der Waals surface area contributed by atoms with Crippen LogP contribution in [-0.2, 0) is 6.54 Å². The molecule has 0 fully saturated rings. The second-order valence-electron chi connectivity index (χ2n) is 3.61. The molecule has 16 heavy (non-hydrogen) atoms. The number of nitrogens with one attached hydrogen (secondary N) is 1. The van der Waals surface area contributed by atoms with Crippen molar-refractivity contribution in [2.45, 2.75) is 18.7 Å². The number of thioether (sulfide) groups is 1. The number of rotatable bonds is 3. The normalized spacial score (nSPS) is 13.2. The van der Waals surface area contributed by atoms with Crippen molar-refractivity contribution < 1.29 is 0 Å². The lowest BCUT2D eigenvalue weighted by molar-refractivity contribution is 0.697. The van der Waals surface area contributed by atoms with E-state index in [1.165, 1.54) is 0 Å². The summed E-state index contributed by atoms with van der Waals surface area (Å²) < 4.78 is 2.72. The van der Waals surface area contributed by atoms with Crippen molar-refractivity contribution in [2.75, 3.05) is 6.26 Å². The molecular formula is C10H12ClN3S2. The predicted molar refractivity (Wildman–Crippen MR) is 72.9 cm³/mol. The van der Waals surface area contributed by atoms with Gasteiger partial charge in [0, 0.05) is 18.0 Å². The van der Waals surface area contributed by atoms with Gasteiger partial charge in [-0.15, -0.1) is 0 Å². The van der Waals surface area contributed by atoms with Crippen LogP contribution < -0.4 is 0 Å². The molecule has 0 saturated heterocycles. The molecule has 6 heteroatoms. The molecule has 0 aliphatic rings. The van der Waals surface area contributed by atoms with Gasteiger partial charge in [-0.3, -0.25) is 0 Å². The fraction of sp³-hybridized carbons (Fsp3) is 0.400. The van der Waals surface area contributed by atoms with Crippen LogP contribution in [-0.4, -0.2) is 26.0 Å². The van der Waals surface area contributed by atoms with Gasteiger partial charge in [-0.1, -0.05) is 18.5 Å². The van der Waals surface area contributed by atoms with E-state index in [0.29, 0.717) is 15.0 Å². The predicted octanol–water partition coefficient (Wildman–Crippen LogP) is 3.50. The second-order valence-corrected chi connectivity index (χ2v) is 5.71. The summed E-state index contributed by atoms with van der Waals surface area (Å²) in [5.41, 5.74) is 1.76. The lowest BCUT2D eigenvalue weighted by atomic mass is 10.4. The van der Waals surface area contributed by atoms with Crippen molar-refractivity contribution >= 4 is 46.7 Å². The van der Waals surface area contributed by atoms with Crippen LogP contribution in [0.1, 0.15) is 6.92 Å². The SMILES string of the molecule is CSC(C)Cn1c(=S)[nH]c2cc(Cl)cnc21. The number of nitrogens with zero attached hydrogens (tertiary/aromatic N) is 2. The molecule has 1 N–H and O–H groups in total. The fourth-order valence-corrected chi connectivity index (χ4v) is 2.25. The Morgan fingerprint density at radius 3 is 3.12 bits per heavy atom. The van der Waals surface area contributed by atoms with E-state index in [1.807, 2.05) is 22.4 Å². The summed E-state index contributed by atoms with van der Waals surface area (Å²) in [5, 5.41) is 1.12. The van der Waals surface area contributed by atoms with E-state index < -0.39 is 0 Å². The number of pyridine rings is 1. The van der Waals surface area contributed by atoms with Gasteiger partial charge in [0.15, 0.2) is 10.4 Å². The smallest absolute Gasteiger partial charge is 0.179 e. The average molecular weight is 274 g/mol. The molecule has 0 aliphatic carbocycles. The van der Waals surface area contributed by atoms with Gasteiger partial charge in [0.1, 0.15) is 0 Å². The van der Waals surface area contributed by atoms with Gasteiger partial charge in [0.25, 0.3) is 0 Å². The highest BCUT2D eigenvalue weighted by Crippen LogP contribution is 2.18. The molecule has 0 bridgehead atoms. The molecule has 0 aliphatic heterocycles. The van der Waals surface area contributed by atoms with Crippen molar-refractivity contribution in [1.82, 2.24) is 14.5 Å². The Balaban J connectivity index is 2.52. The molecule has 2 aromatic heterocycles. The maximum absolute atomic E-state index is 5.88. The Kier molecular flexibility index (Phi) is 3.56. The lowest BCUT2D eigenvalue weighted by Crippen LogP contribution is -2.09. The van der Waals surface area contributed by atoms with Crippen LogP contribution in [0, 0.1) is 4.77 Å². The maximum atomic E-state index is 5.88. The number of hydrogen-bond donors (Lipinski definition) is 1. The minimum Gasteiger partial charge on any atom is -0.329 e. The molecule has 0 spiro atoms. The highest BCUT2D eigenvalue weighted by Gasteiger charge is 2.09. The van der Waals surface area contributed by atoms with Crippen LogP contribution in [0.2, 0.25) is 5.02 Å². The molecule has 3 nitrogen and oxygen atoms in total. The third-order valence-corrected chi connectivity index (χ3v) is 3.90. The van der Waals surface area contributed by atoms with E-state index in [2.05, 4.69) is 23.1 Å². The van der Waals surface area contributed by atoms with E-state index in [0.717, 1.165) is 17.7 Å². The van der Waals surface area contributed by atoms with E-state index in [4.69, 9.17) is 23.8 Å². The highest BCUT2D eigenvalue weighted by atomic mass is 35.5. The van der Waals surface area contributed by atoms with E-state index in [-0.39, 0.29) is 0 Å². The van der Waals surface area contributed by atoms with Gasteiger partial charge in [0.2, 0.25) is 0 Å².